The molecule has 0 radical (unpaired) electrons. The van der Waals surface area contributed by atoms with E-state index in [2.05, 4.69) is 25.8 Å². The monoisotopic (exact) mass is 580 g/mol. The van der Waals surface area contributed by atoms with E-state index in [0.717, 1.165) is 43.4 Å². The number of carbonyl (C=O) groups excluding carboxylic acids is 1. The average molecular weight is 581 g/mol. The van der Waals surface area contributed by atoms with Crippen LogP contribution in [0.5, 0.6) is 0 Å². The Bertz CT molecular complexity index is 1360. The number of nitrogens with zero attached hydrogens (tertiary/aromatic N) is 3. The van der Waals surface area contributed by atoms with Crippen molar-refractivity contribution in [3.8, 4) is 0 Å². The van der Waals surface area contributed by atoms with Gasteiger partial charge in [0, 0.05) is 31.7 Å². The average Bonchev–Trinajstić information content (AvgIpc) is 3.57. The highest BCUT2D eigenvalue weighted by molar-refractivity contribution is 5.83. The van der Waals surface area contributed by atoms with Gasteiger partial charge in [-0.2, -0.15) is 26.3 Å². The van der Waals surface area contributed by atoms with Gasteiger partial charge in [-0.25, -0.2) is 4.98 Å². The zero-order chi connectivity index (χ0) is 29.6. The molecule has 11 heteroatoms. The molecule has 1 N–H and O–H groups in total. The first-order valence-corrected chi connectivity index (χ1v) is 14.0. The summed E-state index contributed by atoms with van der Waals surface area (Å²) in [7, 11) is 0. The molecule has 5 rings (SSSR count). The van der Waals surface area contributed by atoms with Crippen LogP contribution >= 0.6 is 0 Å². The minimum atomic E-state index is -4.93. The van der Waals surface area contributed by atoms with Crippen molar-refractivity contribution in [3.63, 3.8) is 0 Å². The molecule has 1 aliphatic heterocycles. The smallest absolute Gasteiger partial charge is 0.352 e. The van der Waals surface area contributed by atoms with Gasteiger partial charge in [-0.3, -0.25) is 4.79 Å². The molecule has 1 amide bonds. The maximum absolute atomic E-state index is 13.5. The molecule has 5 nitrogen and oxygen atoms in total. The predicted molar refractivity (Wildman–Crippen MR) is 143 cm³/mol. The van der Waals surface area contributed by atoms with Crippen LogP contribution in [0.1, 0.15) is 68.7 Å². The van der Waals surface area contributed by atoms with Crippen molar-refractivity contribution in [2.75, 3.05) is 13.1 Å². The summed E-state index contributed by atoms with van der Waals surface area (Å²) in [6.07, 6.45) is -4.03. The SMILES string of the molecule is CC(C)[C@]1(C(=O)NCc2cc(C(F)(F)F)cc(C(F)(F)F)c2)CC[C@@H](N2CCC(n3cnc4ccccc43)CC2)C1. The van der Waals surface area contributed by atoms with E-state index in [1.165, 1.54) is 0 Å². The van der Waals surface area contributed by atoms with E-state index in [1.807, 2.05) is 38.4 Å². The van der Waals surface area contributed by atoms with Crippen LogP contribution in [0.4, 0.5) is 26.3 Å². The summed E-state index contributed by atoms with van der Waals surface area (Å²) < 4.78 is 81.9. The van der Waals surface area contributed by atoms with Crippen LogP contribution in [0.3, 0.4) is 0 Å². The molecular weight excluding hydrogens is 546 g/mol. The Morgan fingerprint density at radius 1 is 0.976 bits per heavy atom. The quantitative estimate of drug-likeness (QED) is 0.313. The standard InChI is InChI=1S/C30H34F6N4O/c1-19(2)28(27(41)37-17-20-13-21(29(31,32)33)15-22(14-20)30(34,35)36)10-7-24(16-28)39-11-8-23(9-12-39)40-18-38-25-5-3-4-6-26(25)40/h3-6,13-15,18-19,23-24H,7-12,16-17H2,1-2H3,(H,37,41)/t24-,28+/m1/s1. The van der Waals surface area contributed by atoms with Gasteiger partial charge in [0.05, 0.1) is 33.9 Å². The van der Waals surface area contributed by atoms with Crippen LogP contribution in [-0.4, -0.2) is 39.5 Å². The van der Waals surface area contributed by atoms with Crippen LogP contribution in [-0.2, 0) is 23.7 Å². The number of rotatable bonds is 6. The summed E-state index contributed by atoms with van der Waals surface area (Å²) in [5, 5.41) is 2.68. The molecule has 2 aliphatic rings. The molecule has 1 aliphatic carbocycles. The zero-order valence-electron chi connectivity index (χ0n) is 23.0. The van der Waals surface area contributed by atoms with Gasteiger partial charge in [-0.1, -0.05) is 26.0 Å². The number of fused-ring (bicyclic) bond motifs is 1. The van der Waals surface area contributed by atoms with E-state index in [1.54, 1.807) is 0 Å². The third-order valence-electron chi connectivity index (χ3n) is 9.07. The first-order chi connectivity index (χ1) is 19.3. The molecule has 1 saturated heterocycles. The van der Waals surface area contributed by atoms with Gasteiger partial charge in [-0.15, -0.1) is 0 Å². The Balaban J connectivity index is 1.24. The molecule has 1 saturated carbocycles. The number of benzene rings is 2. The van der Waals surface area contributed by atoms with Gasteiger partial charge in [0.2, 0.25) is 5.91 Å². The summed E-state index contributed by atoms with van der Waals surface area (Å²) in [6.45, 7) is 5.24. The highest BCUT2D eigenvalue weighted by Crippen LogP contribution is 2.47. The van der Waals surface area contributed by atoms with Crippen LogP contribution in [0.15, 0.2) is 48.8 Å². The Morgan fingerprint density at radius 2 is 1.61 bits per heavy atom. The summed E-state index contributed by atoms with van der Waals surface area (Å²) in [5.41, 5.74) is -1.66. The normalized spacial score (nSPS) is 23.0. The summed E-state index contributed by atoms with van der Waals surface area (Å²) in [5.74, 6) is -0.365. The lowest BCUT2D eigenvalue weighted by atomic mass is 9.74. The maximum atomic E-state index is 13.5. The molecule has 1 aromatic heterocycles. The van der Waals surface area contributed by atoms with Gasteiger partial charge in [0.25, 0.3) is 0 Å². The fourth-order valence-corrected chi connectivity index (χ4v) is 6.63. The molecule has 2 aromatic carbocycles. The van der Waals surface area contributed by atoms with E-state index in [9.17, 15) is 31.1 Å². The fraction of sp³-hybridized carbons (Fsp3) is 0.533. The molecule has 222 valence electrons. The third kappa shape index (κ3) is 5.96. The second kappa shape index (κ2) is 11.0. The van der Waals surface area contributed by atoms with E-state index in [0.29, 0.717) is 31.0 Å². The maximum Gasteiger partial charge on any atom is 0.416 e. The van der Waals surface area contributed by atoms with Crippen LogP contribution in [0.25, 0.3) is 11.0 Å². The van der Waals surface area contributed by atoms with Gasteiger partial charge < -0.3 is 14.8 Å². The Labute approximate surface area is 234 Å². The van der Waals surface area contributed by atoms with Crippen molar-refractivity contribution in [1.29, 1.82) is 0 Å². The molecular formula is C30H34F6N4O. The Kier molecular flexibility index (Phi) is 7.86. The van der Waals surface area contributed by atoms with E-state index in [-0.39, 0.29) is 29.5 Å². The van der Waals surface area contributed by atoms with Crippen molar-refractivity contribution >= 4 is 16.9 Å². The molecule has 41 heavy (non-hydrogen) atoms. The number of hydrogen-bond acceptors (Lipinski definition) is 3. The van der Waals surface area contributed by atoms with Crippen molar-refractivity contribution < 1.29 is 31.1 Å². The molecule has 2 heterocycles. The lowest BCUT2D eigenvalue weighted by Crippen LogP contribution is -2.45. The molecule has 2 fully saturated rings. The topological polar surface area (TPSA) is 50.2 Å². The lowest BCUT2D eigenvalue weighted by Gasteiger charge is -2.38. The number of hydrogen-bond donors (Lipinski definition) is 1. The number of imidazole rings is 1. The molecule has 0 unspecified atom stereocenters. The van der Waals surface area contributed by atoms with E-state index < -0.39 is 35.4 Å². The largest absolute Gasteiger partial charge is 0.416 e. The second-order valence-electron chi connectivity index (χ2n) is 11.7. The first-order valence-electron chi connectivity index (χ1n) is 14.0. The lowest BCUT2D eigenvalue weighted by molar-refractivity contribution is -0.143. The van der Waals surface area contributed by atoms with Gasteiger partial charge >= 0.3 is 12.4 Å². The number of halogens is 6. The number of likely N-dealkylation sites (tertiary alicyclic amines) is 1. The highest BCUT2D eigenvalue weighted by atomic mass is 19.4. The van der Waals surface area contributed by atoms with Crippen LogP contribution < -0.4 is 5.32 Å². The van der Waals surface area contributed by atoms with E-state index >= 15 is 0 Å². The van der Waals surface area contributed by atoms with Crippen molar-refractivity contribution in [1.82, 2.24) is 19.8 Å². The number of carbonyl (C=O) groups is 1. The first kappa shape index (κ1) is 29.4. The van der Waals surface area contributed by atoms with Crippen LogP contribution in [0, 0.1) is 11.3 Å². The van der Waals surface area contributed by atoms with Crippen molar-refractivity contribution in [2.24, 2.45) is 11.3 Å². The number of amides is 1. The van der Waals surface area contributed by atoms with Crippen molar-refractivity contribution in [3.05, 3.63) is 65.5 Å². The summed E-state index contributed by atoms with van der Waals surface area (Å²) in [6, 6.07) is 10.0. The molecule has 0 spiro atoms. The molecule has 2 atom stereocenters. The van der Waals surface area contributed by atoms with Gasteiger partial charge in [-0.05, 0) is 73.9 Å². The molecule has 3 aromatic rings. The van der Waals surface area contributed by atoms with Crippen molar-refractivity contribution in [2.45, 2.75) is 76.9 Å². The van der Waals surface area contributed by atoms with Gasteiger partial charge in [0.1, 0.15) is 0 Å². The minimum absolute atomic E-state index is 0.0467. The summed E-state index contributed by atoms with van der Waals surface area (Å²) >= 11 is 0. The number of piperidine rings is 1. The summed E-state index contributed by atoms with van der Waals surface area (Å²) in [4.78, 5) is 20.5. The number of aromatic nitrogens is 2. The number of alkyl halides is 6. The van der Waals surface area contributed by atoms with Gasteiger partial charge in [0.15, 0.2) is 0 Å². The third-order valence-corrected chi connectivity index (χ3v) is 9.07. The Morgan fingerprint density at radius 3 is 2.22 bits per heavy atom. The highest BCUT2D eigenvalue weighted by Gasteiger charge is 2.49. The fourth-order valence-electron chi connectivity index (χ4n) is 6.63. The predicted octanol–water partition coefficient (Wildman–Crippen LogP) is 7.22. The number of para-hydroxylation sites is 2. The number of nitrogens with one attached hydrogen (secondary N) is 1. The second-order valence-corrected chi connectivity index (χ2v) is 11.7. The minimum Gasteiger partial charge on any atom is -0.352 e. The van der Waals surface area contributed by atoms with Crippen LogP contribution in [0.2, 0.25) is 0 Å². The zero-order valence-corrected chi connectivity index (χ0v) is 23.0. The molecule has 0 bridgehead atoms. The van der Waals surface area contributed by atoms with E-state index in [4.69, 9.17) is 0 Å². The Hall–Kier alpha value is -3.08.